The first-order chi connectivity index (χ1) is 4.79. The van der Waals surface area contributed by atoms with Gasteiger partial charge in [-0.15, -0.1) is 0 Å². The van der Waals surface area contributed by atoms with Crippen LogP contribution < -0.4 is 0 Å². The molecule has 3 heteroatoms. The molecule has 0 amide bonds. The third-order valence-corrected chi connectivity index (χ3v) is 0.824. The van der Waals surface area contributed by atoms with E-state index < -0.39 is 0 Å². The Labute approximate surface area is 58.3 Å². The van der Waals surface area contributed by atoms with Crippen LogP contribution in [0.25, 0.3) is 0 Å². The maximum absolute atomic E-state index is 10.3. The number of allylic oxidation sites excluding steroid dienone is 4. The summed E-state index contributed by atoms with van der Waals surface area (Å²) in [7, 11) is 0. The van der Waals surface area contributed by atoms with Crippen LogP contribution in [0.2, 0.25) is 0 Å². The minimum atomic E-state index is -0.121. The standard InChI is InChI=1S/C6H4O2.CN/c7-5-1-2-6(8)4-3-5;1-2/h1-4H;/q;-1. The minimum Gasteiger partial charge on any atom is -0.512 e. The summed E-state index contributed by atoms with van der Waals surface area (Å²) in [6.45, 7) is 4.75. The molecule has 50 valence electrons. The lowest BCUT2D eigenvalue weighted by molar-refractivity contribution is -0.113. The summed E-state index contributed by atoms with van der Waals surface area (Å²) in [4.78, 5) is 20.6. The number of rotatable bonds is 0. The highest BCUT2D eigenvalue weighted by atomic mass is 16.1. The van der Waals surface area contributed by atoms with Gasteiger partial charge in [0, 0.05) is 0 Å². The molecule has 1 aliphatic carbocycles. The van der Waals surface area contributed by atoms with Gasteiger partial charge in [-0.2, -0.15) is 0 Å². The average Bonchev–Trinajstić information content (AvgIpc) is 2.00. The third kappa shape index (κ3) is 2.58. The van der Waals surface area contributed by atoms with Gasteiger partial charge in [0.15, 0.2) is 11.6 Å². The predicted molar refractivity (Wildman–Crippen MR) is 33.3 cm³/mol. The first kappa shape index (κ1) is 8.31. The van der Waals surface area contributed by atoms with E-state index in [1.54, 1.807) is 0 Å². The van der Waals surface area contributed by atoms with Gasteiger partial charge in [0.2, 0.25) is 0 Å². The molecule has 10 heavy (non-hydrogen) atoms. The van der Waals surface area contributed by atoms with Crippen LogP contribution in [0.3, 0.4) is 0 Å². The number of nitrogens with zero attached hydrogens (tertiary/aromatic N) is 1. The first-order valence-corrected chi connectivity index (χ1v) is 2.45. The number of carbonyl (C=O) groups excluding carboxylic acids is 2. The third-order valence-electron chi connectivity index (χ3n) is 0.824. The van der Waals surface area contributed by atoms with Crippen molar-refractivity contribution in [1.29, 1.82) is 5.26 Å². The molecule has 3 nitrogen and oxygen atoms in total. The molecule has 0 aromatic heterocycles. The van der Waals surface area contributed by atoms with Crippen molar-refractivity contribution >= 4 is 11.6 Å². The van der Waals surface area contributed by atoms with Crippen LogP contribution in [0, 0.1) is 11.8 Å². The molecule has 0 bridgehead atoms. The molecule has 0 atom stereocenters. The van der Waals surface area contributed by atoms with E-state index in [9.17, 15) is 9.59 Å². The molecule has 1 aliphatic rings. The lowest BCUT2D eigenvalue weighted by atomic mass is 10.2. The van der Waals surface area contributed by atoms with E-state index in [-0.39, 0.29) is 11.6 Å². The second-order valence-corrected chi connectivity index (χ2v) is 1.47. The summed E-state index contributed by atoms with van der Waals surface area (Å²) in [5.41, 5.74) is 0. The average molecular weight is 134 g/mol. The Hall–Kier alpha value is -1.69. The highest BCUT2D eigenvalue weighted by molar-refractivity contribution is 6.14. The summed E-state index contributed by atoms with van der Waals surface area (Å²) >= 11 is 0. The first-order valence-electron chi connectivity index (χ1n) is 2.45. The fourth-order valence-electron chi connectivity index (χ4n) is 0.440. The SMILES string of the molecule is O=C1C=CC(=O)C=C1.[C-]#N. The van der Waals surface area contributed by atoms with Crippen LogP contribution in [0.1, 0.15) is 0 Å². The Morgan fingerprint density at radius 1 is 0.900 bits per heavy atom. The fraction of sp³-hybridized carbons (Fsp3) is 0. The molecule has 0 saturated carbocycles. The smallest absolute Gasteiger partial charge is 0.178 e. The lowest BCUT2D eigenvalue weighted by Gasteiger charge is -1.87. The van der Waals surface area contributed by atoms with Gasteiger partial charge >= 0.3 is 0 Å². The van der Waals surface area contributed by atoms with E-state index in [1.807, 2.05) is 0 Å². The molecule has 0 N–H and O–H groups in total. The summed E-state index contributed by atoms with van der Waals surface area (Å²) in [5.74, 6) is -0.241. The van der Waals surface area contributed by atoms with Crippen molar-refractivity contribution in [3.63, 3.8) is 0 Å². The molecule has 0 saturated heterocycles. The molecule has 0 aromatic carbocycles. The van der Waals surface area contributed by atoms with Gasteiger partial charge in [-0.3, -0.25) is 9.59 Å². The lowest BCUT2D eigenvalue weighted by Crippen LogP contribution is -1.97. The van der Waals surface area contributed by atoms with Crippen LogP contribution >= 0.6 is 0 Å². The molecular formula is C7H4NO2-. The maximum atomic E-state index is 10.3. The van der Waals surface area contributed by atoms with Crippen molar-refractivity contribution in [2.24, 2.45) is 0 Å². The number of hydrogen-bond acceptors (Lipinski definition) is 3. The quantitative estimate of drug-likeness (QED) is 0.354. The Balaban J connectivity index is 0.000000371. The summed E-state index contributed by atoms with van der Waals surface area (Å²) in [5, 5.41) is 6.25. The van der Waals surface area contributed by atoms with E-state index in [0.29, 0.717) is 0 Å². The Morgan fingerprint density at radius 2 is 1.10 bits per heavy atom. The number of carbonyl (C=O) groups is 2. The monoisotopic (exact) mass is 134 g/mol. The normalized spacial score (nSPS) is 14.2. The van der Waals surface area contributed by atoms with E-state index in [2.05, 4.69) is 0 Å². The van der Waals surface area contributed by atoms with Crippen LogP contribution in [0.5, 0.6) is 0 Å². The largest absolute Gasteiger partial charge is 0.512 e. The Morgan fingerprint density at radius 3 is 1.30 bits per heavy atom. The number of ketones is 2. The van der Waals surface area contributed by atoms with Crippen molar-refractivity contribution in [3.05, 3.63) is 30.9 Å². The Bertz CT molecular complexity index is 185. The van der Waals surface area contributed by atoms with Gasteiger partial charge in [-0.05, 0) is 24.3 Å². The van der Waals surface area contributed by atoms with Crippen LogP contribution in [0.4, 0.5) is 0 Å². The summed E-state index contributed by atoms with van der Waals surface area (Å²) in [6.07, 6.45) is 5.01. The van der Waals surface area contributed by atoms with Gasteiger partial charge in [0.25, 0.3) is 0 Å². The second kappa shape index (κ2) is 4.21. The van der Waals surface area contributed by atoms with E-state index in [0.717, 1.165) is 0 Å². The second-order valence-electron chi connectivity index (χ2n) is 1.47. The maximum Gasteiger partial charge on any atom is 0.178 e. The molecular weight excluding hydrogens is 130 g/mol. The highest BCUT2D eigenvalue weighted by Crippen LogP contribution is 1.90. The van der Waals surface area contributed by atoms with Gasteiger partial charge < -0.3 is 11.8 Å². The van der Waals surface area contributed by atoms with E-state index in [1.165, 1.54) is 24.3 Å². The molecule has 0 aliphatic heterocycles. The van der Waals surface area contributed by atoms with Crippen LogP contribution in [0.15, 0.2) is 24.3 Å². The van der Waals surface area contributed by atoms with Crippen molar-refractivity contribution in [2.75, 3.05) is 0 Å². The molecule has 0 radical (unpaired) electrons. The highest BCUT2D eigenvalue weighted by Gasteiger charge is 1.97. The topological polar surface area (TPSA) is 57.9 Å². The number of hydrogen-bond donors (Lipinski definition) is 0. The summed E-state index contributed by atoms with van der Waals surface area (Å²) < 4.78 is 0. The van der Waals surface area contributed by atoms with Crippen LogP contribution in [-0.4, -0.2) is 11.6 Å². The van der Waals surface area contributed by atoms with Crippen molar-refractivity contribution in [2.45, 2.75) is 0 Å². The van der Waals surface area contributed by atoms with Gasteiger partial charge in [0.05, 0.1) is 0 Å². The Kier molecular flexibility index (Phi) is 3.50. The molecule has 0 aromatic rings. The van der Waals surface area contributed by atoms with Gasteiger partial charge in [-0.25, -0.2) is 0 Å². The zero-order chi connectivity index (χ0) is 7.98. The van der Waals surface area contributed by atoms with E-state index in [4.69, 9.17) is 11.8 Å². The molecule has 1 rings (SSSR count). The summed E-state index contributed by atoms with van der Waals surface area (Å²) in [6, 6.07) is 0. The van der Waals surface area contributed by atoms with E-state index >= 15 is 0 Å². The van der Waals surface area contributed by atoms with Crippen molar-refractivity contribution in [1.82, 2.24) is 0 Å². The molecule has 0 unspecified atom stereocenters. The molecule has 0 spiro atoms. The van der Waals surface area contributed by atoms with Gasteiger partial charge in [0.1, 0.15) is 0 Å². The fourth-order valence-corrected chi connectivity index (χ4v) is 0.440. The molecule has 0 fully saturated rings. The predicted octanol–water partition coefficient (Wildman–Crippen LogP) is 0.347. The van der Waals surface area contributed by atoms with Crippen LogP contribution in [-0.2, 0) is 9.59 Å². The minimum absolute atomic E-state index is 0.121. The zero-order valence-corrected chi connectivity index (χ0v) is 5.07. The molecule has 0 heterocycles. The van der Waals surface area contributed by atoms with Crippen molar-refractivity contribution in [3.8, 4) is 0 Å². The zero-order valence-electron chi connectivity index (χ0n) is 5.07. The van der Waals surface area contributed by atoms with Gasteiger partial charge in [-0.1, -0.05) is 0 Å². The van der Waals surface area contributed by atoms with Crippen molar-refractivity contribution < 1.29 is 9.59 Å².